The van der Waals surface area contributed by atoms with E-state index in [2.05, 4.69) is 15.9 Å². The minimum atomic E-state index is -1.22. The molecule has 0 atom stereocenters. The third kappa shape index (κ3) is 1.46. The second kappa shape index (κ2) is 3.80. The molecule has 3 rings (SSSR count). The van der Waals surface area contributed by atoms with E-state index in [0.717, 1.165) is 22.1 Å². The molecule has 2 aliphatic heterocycles. The minimum Gasteiger partial charge on any atom is -0.338 e. The molecule has 17 heavy (non-hydrogen) atoms. The van der Waals surface area contributed by atoms with Gasteiger partial charge in [0.15, 0.2) is 0 Å². The molecule has 0 aliphatic carbocycles. The van der Waals surface area contributed by atoms with Gasteiger partial charge in [-0.3, -0.25) is 4.79 Å². The Hall–Kier alpha value is -0.910. The van der Waals surface area contributed by atoms with Crippen molar-refractivity contribution in [3.8, 4) is 0 Å². The topological polar surface area (TPSA) is 38.8 Å². The quantitative estimate of drug-likeness (QED) is 0.735. The van der Waals surface area contributed by atoms with Crippen molar-refractivity contribution in [2.75, 3.05) is 25.2 Å². The van der Waals surface area contributed by atoms with E-state index < -0.39 is 5.79 Å². The molecule has 1 fully saturated rings. The maximum Gasteiger partial charge on any atom is 0.292 e. The minimum absolute atomic E-state index is 0.148. The number of hydrogen-bond acceptors (Lipinski definition) is 3. The van der Waals surface area contributed by atoms with Crippen molar-refractivity contribution in [3.63, 3.8) is 0 Å². The van der Waals surface area contributed by atoms with Crippen molar-refractivity contribution in [1.29, 1.82) is 0 Å². The summed E-state index contributed by atoms with van der Waals surface area (Å²) in [5, 5.41) is 0. The van der Waals surface area contributed by atoms with Crippen molar-refractivity contribution < 1.29 is 14.3 Å². The molecule has 90 valence electrons. The van der Waals surface area contributed by atoms with Crippen molar-refractivity contribution in [2.24, 2.45) is 0 Å². The molecule has 1 amide bonds. The van der Waals surface area contributed by atoms with E-state index in [1.165, 1.54) is 0 Å². The number of likely N-dealkylation sites (N-methyl/N-ethyl adjacent to an activating group) is 1. The lowest BCUT2D eigenvalue weighted by molar-refractivity contribution is -0.256. The smallest absolute Gasteiger partial charge is 0.292 e. The predicted molar refractivity (Wildman–Crippen MR) is 65.8 cm³/mol. The fraction of sp³-hybridized carbons (Fsp3) is 0.417. The van der Waals surface area contributed by atoms with Gasteiger partial charge in [0.25, 0.3) is 11.7 Å². The molecule has 1 aromatic rings. The highest BCUT2D eigenvalue weighted by atomic mass is 79.9. The third-order valence-electron chi connectivity index (χ3n) is 3.16. The highest BCUT2D eigenvalue weighted by Crippen LogP contribution is 2.45. The second-order valence-corrected chi connectivity index (χ2v) is 5.11. The Balaban J connectivity index is 2.18. The average Bonchev–Trinajstić information content (AvgIpc) is 2.54. The zero-order valence-electron chi connectivity index (χ0n) is 9.40. The first-order valence-corrected chi connectivity index (χ1v) is 6.30. The fourth-order valence-corrected chi connectivity index (χ4v) is 2.68. The van der Waals surface area contributed by atoms with E-state index in [4.69, 9.17) is 9.47 Å². The Labute approximate surface area is 108 Å². The number of benzene rings is 1. The van der Waals surface area contributed by atoms with Crippen LogP contribution in [0.15, 0.2) is 22.7 Å². The van der Waals surface area contributed by atoms with Crippen LogP contribution in [0.3, 0.4) is 0 Å². The second-order valence-electron chi connectivity index (χ2n) is 4.19. The zero-order chi connectivity index (χ0) is 12.0. The number of anilines is 1. The first-order valence-electron chi connectivity index (χ1n) is 5.51. The van der Waals surface area contributed by atoms with E-state index >= 15 is 0 Å². The maximum atomic E-state index is 12.3. The Morgan fingerprint density at radius 3 is 2.76 bits per heavy atom. The normalized spacial score (nSPS) is 22.0. The third-order valence-corrected chi connectivity index (χ3v) is 3.65. The number of rotatable bonds is 0. The molecule has 0 unspecified atom stereocenters. The van der Waals surface area contributed by atoms with Crippen LogP contribution in [0.1, 0.15) is 12.0 Å². The fourth-order valence-electron chi connectivity index (χ4n) is 2.32. The number of nitrogens with zero attached hydrogens (tertiary/aromatic N) is 1. The summed E-state index contributed by atoms with van der Waals surface area (Å²) in [6.45, 7) is 1.09. The average molecular weight is 298 g/mol. The van der Waals surface area contributed by atoms with Crippen molar-refractivity contribution in [3.05, 3.63) is 28.2 Å². The Morgan fingerprint density at radius 1 is 1.35 bits per heavy atom. The van der Waals surface area contributed by atoms with E-state index in [1.54, 1.807) is 11.9 Å². The summed E-state index contributed by atoms with van der Waals surface area (Å²) in [6, 6.07) is 5.69. The van der Waals surface area contributed by atoms with Crippen LogP contribution in [-0.2, 0) is 20.1 Å². The Morgan fingerprint density at radius 2 is 2.06 bits per heavy atom. The van der Waals surface area contributed by atoms with Gasteiger partial charge in [-0.2, -0.15) is 0 Å². The zero-order valence-corrected chi connectivity index (χ0v) is 11.0. The number of amides is 1. The van der Waals surface area contributed by atoms with Gasteiger partial charge in [-0.1, -0.05) is 15.9 Å². The summed E-state index contributed by atoms with van der Waals surface area (Å²) in [4.78, 5) is 13.9. The summed E-state index contributed by atoms with van der Waals surface area (Å²) in [7, 11) is 1.74. The number of fused-ring (bicyclic) bond motifs is 2. The summed E-state index contributed by atoms with van der Waals surface area (Å²) >= 11 is 3.41. The molecular weight excluding hydrogens is 286 g/mol. The largest absolute Gasteiger partial charge is 0.338 e. The van der Waals surface area contributed by atoms with Gasteiger partial charge in [0.05, 0.1) is 18.9 Å². The lowest BCUT2D eigenvalue weighted by Gasteiger charge is -2.32. The molecule has 2 heterocycles. The summed E-state index contributed by atoms with van der Waals surface area (Å²) in [6.07, 6.45) is 0.822. The number of hydrogen-bond donors (Lipinski definition) is 0. The van der Waals surface area contributed by atoms with Crippen LogP contribution < -0.4 is 4.90 Å². The highest BCUT2D eigenvalue weighted by molar-refractivity contribution is 9.10. The van der Waals surface area contributed by atoms with Gasteiger partial charge in [-0.05, 0) is 24.6 Å². The molecular formula is C12H12BrNO3. The van der Waals surface area contributed by atoms with E-state index in [-0.39, 0.29) is 5.91 Å². The Bertz CT molecular complexity index is 483. The molecule has 5 heteroatoms. The lowest BCUT2D eigenvalue weighted by Crippen LogP contribution is -2.46. The number of carbonyl (C=O) groups is 1. The van der Waals surface area contributed by atoms with Gasteiger partial charge >= 0.3 is 0 Å². The summed E-state index contributed by atoms with van der Waals surface area (Å²) < 4.78 is 12.2. The van der Waals surface area contributed by atoms with Gasteiger partial charge in [-0.25, -0.2) is 0 Å². The molecule has 0 bridgehead atoms. The van der Waals surface area contributed by atoms with Crippen LogP contribution in [0.25, 0.3) is 0 Å². The first-order chi connectivity index (χ1) is 8.15. The van der Waals surface area contributed by atoms with Gasteiger partial charge < -0.3 is 14.4 Å². The van der Waals surface area contributed by atoms with E-state index in [1.807, 2.05) is 18.2 Å². The number of ether oxygens (including phenoxy) is 2. The van der Waals surface area contributed by atoms with E-state index in [0.29, 0.717) is 13.2 Å². The molecule has 1 saturated heterocycles. The van der Waals surface area contributed by atoms with Crippen LogP contribution in [0.2, 0.25) is 0 Å². The van der Waals surface area contributed by atoms with Gasteiger partial charge in [-0.15, -0.1) is 0 Å². The molecule has 0 aromatic heterocycles. The number of carbonyl (C=O) groups excluding carboxylic acids is 1. The molecule has 0 radical (unpaired) electrons. The van der Waals surface area contributed by atoms with Crippen LogP contribution >= 0.6 is 15.9 Å². The molecule has 1 spiro atoms. The van der Waals surface area contributed by atoms with Crippen LogP contribution in [0.4, 0.5) is 5.69 Å². The van der Waals surface area contributed by atoms with Crippen molar-refractivity contribution in [1.82, 2.24) is 0 Å². The van der Waals surface area contributed by atoms with Gasteiger partial charge in [0.1, 0.15) is 0 Å². The first kappa shape index (κ1) is 11.2. The molecule has 4 nitrogen and oxygen atoms in total. The molecule has 2 aliphatic rings. The monoisotopic (exact) mass is 297 g/mol. The van der Waals surface area contributed by atoms with Crippen molar-refractivity contribution >= 4 is 27.5 Å². The van der Waals surface area contributed by atoms with Gasteiger partial charge in [0.2, 0.25) is 0 Å². The Kier molecular flexibility index (Phi) is 2.50. The maximum absolute atomic E-state index is 12.3. The summed E-state index contributed by atoms with van der Waals surface area (Å²) in [5.41, 5.74) is 1.64. The lowest BCUT2D eigenvalue weighted by atomic mass is 10.1. The predicted octanol–water partition coefficient (Wildman–Crippen LogP) is 2.02. The van der Waals surface area contributed by atoms with E-state index in [9.17, 15) is 4.79 Å². The van der Waals surface area contributed by atoms with Gasteiger partial charge in [0, 0.05) is 17.1 Å². The van der Waals surface area contributed by atoms with Crippen molar-refractivity contribution in [2.45, 2.75) is 12.2 Å². The molecule has 0 N–H and O–H groups in total. The van der Waals surface area contributed by atoms with Crippen LogP contribution in [-0.4, -0.2) is 26.2 Å². The highest BCUT2D eigenvalue weighted by Gasteiger charge is 2.53. The SMILES string of the molecule is CN1C(=O)C2(OCCCO2)c2cc(Br)ccc21. The molecule has 1 aromatic carbocycles. The summed E-state index contributed by atoms with van der Waals surface area (Å²) in [5.74, 6) is -1.36. The van der Waals surface area contributed by atoms with Crippen LogP contribution in [0.5, 0.6) is 0 Å². The van der Waals surface area contributed by atoms with Crippen LogP contribution in [0, 0.1) is 0 Å². The number of halogens is 1. The molecule has 0 saturated carbocycles. The standard InChI is InChI=1S/C12H12BrNO3/c1-14-10-4-3-8(13)7-9(10)12(11(14)15)16-5-2-6-17-12/h3-4,7H,2,5-6H2,1H3.